The highest BCUT2D eigenvalue weighted by Gasteiger charge is 2.47. The summed E-state index contributed by atoms with van der Waals surface area (Å²) in [5.74, 6) is 1.31. The molecule has 2 aliphatic carbocycles. The van der Waals surface area contributed by atoms with Gasteiger partial charge >= 0.3 is 5.97 Å². The molecule has 1 aromatic rings. The van der Waals surface area contributed by atoms with Crippen LogP contribution in [0.1, 0.15) is 43.6 Å². The van der Waals surface area contributed by atoms with Crippen molar-refractivity contribution in [1.82, 2.24) is 0 Å². The van der Waals surface area contributed by atoms with Gasteiger partial charge in [0.1, 0.15) is 11.9 Å². The van der Waals surface area contributed by atoms with Crippen molar-refractivity contribution in [1.29, 1.82) is 0 Å². The molecule has 0 bridgehead atoms. The van der Waals surface area contributed by atoms with E-state index in [9.17, 15) is 4.79 Å². The van der Waals surface area contributed by atoms with Gasteiger partial charge in [0.05, 0.1) is 6.26 Å². The van der Waals surface area contributed by atoms with Crippen LogP contribution in [0.25, 0.3) is 0 Å². The average molecular weight is 274 g/mol. The zero-order chi connectivity index (χ0) is 14.5. The van der Waals surface area contributed by atoms with Crippen LogP contribution in [0, 0.1) is 18.3 Å². The van der Waals surface area contributed by atoms with Crippen LogP contribution >= 0.6 is 0 Å². The van der Waals surface area contributed by atoms with Gasteiger partial charge in [-0.05, 0) is 54.2 Å². The quantitative estimate of drug-likeness (QED) is 0.580. The normalized spacial score (nSPS) is 32.5. The van der Waals surface area contributed by atoms with Crippen LogP contribution in [-0.4, -0.2) is 12.1 Å². The number of esters is 1. The maximum absolute atomic E-state index is 11.2. The van der Waals surface area contributed by atoms with Crippen LogP contribution in [0.2, 0.25) is 0 Å². The summed E-state index contributed by atoms with van der Waals surface area (Å²) in [4.78, 5) is 11.2. The highest BCUT2D eigenvalue weighted by atomic mass is 16.5. The molecule has 0 aliphatic heterocycles. The number of hydrogen-bond donors (Lipinski definition) is 0. The van der Waals surface area contributed by atoms with Crippen LogP contribution in [0.5, 0.6) is 0 Å². The number of hydrogen-bond acceptors (Lipinski definition) is 3. The molecule has 1 heterocycles. The summed E-state index contributed by atoms with van der Waals surface area (Å²) in [7, 11) is 0. The Bertz CT molecular complexity index is 569. The van der Waals surface area contributed by atoms with Crippen molar-refractivity contribution in [3.8, 4) is 0 Å². The zero-order valence-corrected chi connectivity index (χ0v) is 12.5. The first-order valence-electron chi connectivity index (χ1n) is 7.32. The Balaban J connectivity index is 1.90. The lowest BCUT2D eigenvalue weighted by Gasteiger charge is -2.47. The SMILES string of the molecule is C=C1[C@@H](OC(C)=O)CC[C@@]2(C)Cc3occ(C)c3C[C@@H]12. The molecule has 108 valence electrons. The molecule has 3 rings (SSSR count). The van der Waals surface area contributed by atoms with E-state index in [0.29, 0.717) is 5.92 Å². The lowest BCUT2D eigenvalue weighted by Crippen LogP contribution is -2.44. The summed E-state index contributed by atoms with van der Waals surface area (Å²) in [6.45, 7) is 10.1. The van der Waals surface area contributed by atoms with Crippen molar-refractivity contribution in [2.75, 3.05) is 0 Å². The Morgan fingerprint density at radius 3 is 3.00 bits per heavy atom. The molecule has 0 spiro atoms. The molecule has 3 heteroatoms. The third kappa shape index (κ3) is 2.00. The monoisotopic (exact) mass is 274 g/mol. The molecule has 2 aliphatic rings. The van der Waals surface area contributed by atoms with E-state index in [1.165, 1.54) is 18.1 Å². The smallest absolute Gasteiger partial charge is 0.303 e. The molecule has 3 atom stereocenters. The predicted molar refractivity (Wildman–Crippen MR) is 76.4 cm³/mol. The van der Waals surface area contributed by atoms with E-state index in [0.717, 1.165) is 37.0 Å². The second-order valence-electron chi connectivity index (χ2n) is 6.62. The van der Waals surface area contributed by atoms with Gasteiger partial charge in [-0.3, -0.25) is 4.79 Å². The van der Waals surface area contributed by atoms with Gasteiger partial charge in [-0.2, -0.15) is 0 Å². The minimum absolute atomic E-state index is 0.112. The molecule has 0 aromatic carbocycles. The van der Waals surface area contributed by atoms with Gasteiger partial charge in [0.15, 0.2) is 0 Å². The van der Waals surface area contributed by atoms with E-state index in [4.69, 9.17) is 9.15 Å². The van der Waals surface area contributed by atoms with Gasteiger partial charge in [-0.25, -0.2) is 0 Å². The number of aryl methyl sites for hydroxylation is 1. The summed E-state index contributed by atoms with van der Waals surface area (Å²) in [5.41, 5.74) is 3.83. The molecule has 1 fully saturated rings. The predicted octanol–water partition coefficient (Wildman–Crippen LogP) is 3.59. The van der Waals surface area contributed by atoms with Crippen LogP contribution in [-0.2, 0) is 22.4 Å². The van der Waals surface area contributed by atoms with Crippen molar-refractivity contribution >= 4 is 5.97 Å². The second kappa shape index (κ2) is 4.51. The van der Waals surface area contributed by atoms with Crippen molar-refractivity contribution in [2.24, 2.45) is 11.3 Å². The topological polar surface area (TPSA) is 39.4 Å². The van der Waals surface area contributed by atoms with E-state index in [1.807, 2.05) is 6.26 Å². The molecule has 0 radical (unpaired) electrons. The van der Waals surface area contributed by atoms with E-state index >= 15 is 0 Å². The third-order valence-electron chi connectivity index (χ3n) is 5.15. The fourth-order valence-corrected chi connectivity index (χ4v) is 3.93. The Kier molecular flexibility index (Phi) is 3.03. The number of fused-ring (bicyclic) bond motifs is 2. The van der Waals surface area contributed by atoms with Crippen LogP contribution < -0.4 is 0 Å². The summed E-state index contributed by atoms with van der Waals surface area (Å²) in [5, 5.41) is 0. The van der Waals surface area contributed by atoms with Gasteiger partial charge in [0, 0.05) is 13.3 Å². The second-order valence-corrected chi connectivity index (χ2v) is 6.62. The number of carbonyl (C=O) groups excluding carboxylic acids is 1. The van der Waals surface area contributed by atoms with Crippen molar-refractivity contribution < 1.29 is 13.9 Å². The fraction of sp³-hybridized carbons (Fsp3) is 0.588. The lowest BCUT2D eigenvalue weighted by molar-refractivity contribution is -0.146. The van der Waals surface area contributed by atoms with Gasteiger partial charge in [-0.1, -0.05) is 13.5 Å². The number of ether oxygens (including phenoxy) is 1. The van der Waals surface area contributed by atoms with Gasteiger partial charge in [0.25, 0.3) is 0 Å². The summed E-state index contributed by atoms with van der Waals surface area (Å²) >= 11 is 0. The number of rotatable bonds is 1. The molecular weight excluding hydrogens is 252 g/mol. The molecule has 0 unspecified atom stereocenters. The fourth-order valence-electron chi connectivity index (χ4n) is 3.93. The lowest BCUT2D eigenvalue weighted by atomic mass is 9.58. The molecule has 0 amide bonds. The maximum Gasteiger partial charge on any atom is 0.303 e. The minimum atomic E-state index is -0.212. The Hall–Kier alpha value is -1.51. The van der Waals surface area contributed by atoms with Crippen molar-refractivity contribution in [3.05, 3.63) is 35.3 Å². The third-order valence-corrected chi connectivity index (χ3v) is 5.15. The standard InChI is InChI=1S/C17H22O3/c1-10-9-19-16-8-17(4)6-5-15(20-12(3)18)11(2)14(17)7-13(10)16/h9,14-15H,2,5-8H2,1,3-4H3/t14-,15-,17-/m0/s1. The largest absolute Gasteiger partial charge is 0.469 e. The van der Waals surface area contributed by atoms with Gasteiger partial charge in [-0.15, -0.1) is 0 Å². The summed E-state index contributed by atoms with van der Waals surface area (Å²) in [6, 6.07) is 0. The van der Waals surface area contributed by atoms with Crippen LogP contribution in [0.15, 0.2) is 22.8 Å². The van der Waals surface area contributed by atoms with E-state index < -0.39 is 0 Å². The molecule has 20 heavy (non-hydrogen) atoms. The van der Waals surface area contributed by atoms with E-state index in [-0.39, 0.29) is 17.5 Å². The maximum atomic E-state index is 11.2. The highest BCUT2D eigenvalue weighted by molar-refractivity contribution is 5.66. The first-order valence-corrected chi connectivity index (χ1v) is 7.32. The summed E-state index contributed by atoms with van der Waals surface area (Å²) < 4.78 is 11.1. The molecule has 1 saturated carbocycles. The highest BCUT2D eigenvalue weighted by Crippen LogP contribution is 2.51. The average Bonchev–Trinajstić information content (AvgIpc) is 2.72. The van der Waals surface area contributed by atoms with Crippen LogP contribution in [0.3, 0.4) is 0 Å². The molecule has 1 aromatic heterocycles. The van der Waals surface area contributed by atoms with E-state index in [2.05, 4.69) is 20.4 Å². The van der Waals surface area contributed by atoms with Gasteiger partial charge in [0.2, 0.25) is 0 Å². The van der Waals surface area contributed by atoms with Crippen molar-refractivity contribution in [2.45, 2.75) is 52.6 Å². The Morgan fingerprint density at radius 2 is 2.30 bits per heavy atom. The van der Waals surface area contributed by atoms with E-state index in [1.54, 1.807) is 0 Å². The summed E-state index contributed by atoms with van der Waals surface area (Å²) in [6.07, 6.45) is 5.60. The first-order chi connectivity index (χ1) is 9.40. The molecular formula is C17H22O3. The Morgan fingerprint density at radius 1 is 1.55 bits per heavy atom. The first kappa shape index (κ1) is 13.5. The molecule has 0 saturated heterocycles. The number of carbonyl (C=O) groups is 1. The van der Waals surface area contributed by atoms with Crippen molar-refractivity contribution in [3.63, 3.8) is 0 Å². The van der Waals surface area contributed by atoms with Crippen LogP contribution in [0.4, 0.5) is 0 Å². The minimum Gasteiger partial charge on any atom is -0.469 e. The molecule has 0 N–H and O–H groups in total. The number of furan rings is 1. The van der Waals surface area contributed by atoms with Gasteiger partial charge < -0.3 is 9.15 Å². The Labute approximate surface area is 120 Å². The zero-order valence-electron chi connectivity index (χ0n) is 12.5. The molecule has 3 nitrogen and oxygen atoms in total.